The predicted octanol–water partition coefficient (Wildman–Crippen LogP) is 11.0. The van der Waals surface area contributed by atoms with Crippen molar-refractivity contribution in [2.45, 2.75) is 181 Å². The molecule has 0 aromatic carbocycles. The van der Waals surface area contributed by atoms with E-state index in [1.165, 1.54) is 141 Å². The Morgan fingerprint density at radius 2 is 0.778 bits per heavy atom. The highest BCUT2D eigenvalue weighted by molar-refractivity contribution is 5.49. The number of hydrogen-bond acceptors (Lipinski definition) is 2. The van der Waals surface area contributed by atoms with Crippen LogP contribution in [0.1, 0.15) is 181 Å². The maximum atomic E-state index is 10.5. The molecule has 0 heterocycles. The maximum absolute atomic E-state index is 10.5. The summed E-state index contributed by atoms with van der Waals surface area (Å²) in [5, 5.41) is 0. The standard InChI is InChI=1S/C34H64O2/c1-3-5-17-23-31-27-28-32(24-19-13-9-7-11-15-21-29-35)33(25-18-6-4-2)34(31)26-20-14-10-8-12-16-22-30-36/h29-34H,3-28H2,1-2H3. The number of carbonyl (C=O) groups excluding carboxylic acids is 2. The first-order chi connectivity index (χ1) is 17.8. The van der Waals surface area contributed by atoms with Crippen molar-refractivity contribution in [3.63, 3.8) is 0 Å². The van der Waals surface area contributed by atoms with Crippen LogP contribution >= 0.6 is 0 Å². The number of unbranched alkanes of at least 4 members (excludes halogenated alkanes) is 16. The molecule has 1 aliphatic rings. The lowest BCUT2D eigenvalue weighted by Crippen LogP contribution is -2.35. The van der Waals surface area contributed by atoms with Crippen molar-refractivity contribution in [3.05, 3.63) is 0 Å². The quantitative estimate of drug-likeness (QED) is 0.0866. The van der Waals surface area contributed by atoms with Gasteiger partial charge in [-0.2, -0.15) is 0 Å². The van der Waals surface area contributed by atoms with E-state index in [0.717, 1.165) is 61.9 Å². The molecule has 4 atom stereocenters. The normalized spacial score (nSPS) is 22.1. The van der Waals surface area contributed by atoms with Crippen molar-refractivity contribution in [1.82, 2.24) is 0 Å². The minimum absolute atomic E-state index is 0.752. The van der Waals surface area contributed by atoms with E-state index >= 15 is 0 Å². The van der Waals surface area contributed by atoms with Crippen LogP contribution in [0.15, 0.2) is 0 Å². The summed E-state index contributed by atoms with van der Waals surface area (Å²) in [7, 11) is 0. The van der Waals surface area contributed by atoms with Crippen LogP contribution in [0.3, 0.4) is 0 Å². The Kier molecular flexibility index (Phi) is 22.9. The number of hydrogen-bond donors (Lipinski definition) is 0. The zero-order chi connectivity index (χ0) is 26.1. The lowest BCUT2D eigenvalue weighted by atomic mass is 9.61. The van der Waals surface area contributed by atoms with E-state index < -0.39 is 0 Å². The SMILES string of the molecule is CCCCCC1CCC(CCCCCCCCC=O)C(CCCCC)C1CCCCCCCCC=O. The lowest BCUT2D eigenvalue weighted by molar-refractivity contribution is -0.108. The van der Waals surface area contributed by atoms with Crippen molar-refractivity contribution >= 4 is 12.6 Å². The van der Waals surface area contributed by atoms with Gasteiger partial charge in [0.2, 0.25) is 0 Å². The Hall–Kier alpha value is -0.660. The molecule has 0 spiro atoms. The average Bonchev–Trinajstić information content (AvgIpc) is 2.89. The molecule has 0 N–H and O–H groups in total. The molecule has 0 amide bonds. The second-order valence-electron chi connectivity index (χ2n) is 12.1. The fourth-order valence-corrected chi connectivity index (χ4v) is 7.11. The van der Waals surface area contributed by atoms with E-state index in [1.807, 2.05) is 0 Å². The minimum Gasteiger partial charge on any atom is -0.303 e. The molecule has 1 rings (SSSR count). The van der Waals surface area contributed by atoms with Crippen LogP contribution in [0.2, 0.25) is 0 Å². The summed E-state index contributed by atoms with van der Waals surface area (Å²) < 4.78 is 0. The molecule has 0 aliphatic heterocycles. The van der Waals surface area contributed by atoms with Gasteiger partial charge in [0.05, 0.1) is 0 Å². The number of aldehydes is 2. The highest BCUT2D eigenvalue weighted by atomic mass is 16.1. The predicted molar refractivity (Wildman–Crippen MR) is 157 cm³/mol. The Balaban J connectivity index is 2.60. The van der Waals surface area contributed by atoms with Crippen molar-refractivity contribution in [2.24, 2.45) is 23.7 Å². The zero-order valence-electron chi connectivity index (χ0n) is 24.7. The lowest BCUT2D eigenvalue weighted by Gasteiger charge is -2.44. The minimum atomic E-state index is 0.752. The number of rotatable bonds is 26. The van der Waals surface area contributed by atoms with Crippen molar-refractivity contribution in [3.8, 4) is 0 Å². The van der Waals surface area contributed by atoms with E-state index in [4.69, 9.17) is 0 Å². The van der Waals surface area contributed by atoms with Gasteiger partial charge in [-0.3, -0.25) is 0 Å². The zero-order valence-corrected chi connectivity index (χ0v) is 24.7. The Morgan fingerprint density at radius 1 is 0.444 bits per heavy atom. The fourth-order valence-electron chi connectivity index (χ4n) is 7.11. The van der Waals surface area contributed by atoms with Crippen LogP contribution in [-0.2, 0) is 9.59 Å². The molecule has 0 saturated heterocycles. The third-order valence-electron chi connectivity index (χ3n) is 9.24. The van der Waals surface area contributed by atoms with Crippen molar-refractivity contribution in [2.75, 3.05) is 0 Å². The fraction of sp³-hybridized carbons (Fsp3) is 0.941. The van der Waals surface area contributed by atoms with Gasteiger partial charge in [0, 0.05) is 12.8 Å². The Morgan fingerprint density at radius 3 is 1.19 bits per heavy atom. The number of carbonyl (C=O) groups is 2. The monoisotopic (exact) mass is 504 g/mol. The van der Waals surface area contributed by atoms with E-state index in [9.17, 15) is 9.59 Å². The van der Waals surface area contributed by atoms with Crippen LogP contribution < -0.4 is 0 Å². The van der Waals surface area contributed by atoms with Crippen LogP contribution in [0.5, 0.6) is 0 Å². The van der Waals surface area contributed by atoms with Gasteiger partial charge in [-0.1, -0.05) is 129 Å². The first-order valence-corrected chi connectivity index (χ1v) is 16.7. The summed E-state index contributed by atoms with van der Waals surface area (Å²) in [6.07, 6.45) is 36.7. The van der Waals surface area contributed by atoms with Gasteiger partial charge < -0.3 is 9.59 Å². The second kappa shape index (κ2) is 24.7. The largest absolute Gasteiger partial charge is 0.303 e. The molecule has 212 valence electrons. The van der Waals surface area contributed by atoms with Gasteiger partial charge in [-0.15, -0.1) is 0 Å². The van der Waals surface area contributed by atoms with Gasteiger partial charge in [0.15, 0.2) is 0 Å². The first kappa shape index (κ1) is 33.4. The van der Waals surface area contributed by atoms with Crippen molar-refractivity contribution < 1.29 is 9.59 Å². The molecule has 0 bridgehead atoms. The van der Waals surface area contributed by atoms with E-state index in [1.54, 1.807) is 0 Å². The van der Waals surface area contributed by atoms with Crippen LogP contribution in [0.25, 0.3) is 0 Å². The summed E-state index contributed by atoms with van der Waals surface area (Å²) >= 11 is 0. The summed E-state index contributed by atoms with van der Waals surface area (Å²) in [6, 6.07) is 0. The summed E-state index contributed by atoms with van der Waals surface area (Å²) in [6.45, 7) is 4.70. The van der Waals surface area contributed by atoms with Gasteiger partial charge in [-0.25, -0.2) is 0 Å². The molecule has 0 aromatic rings. The highest BCUT2D eigenvalue weighted by Crippen LogP contribution is 2.47. The maximum Gasteiger partial charge on any atom is 0.119 e. The molecular weight excluding hydrogens is 440 g/mol. The topological polar surface area (TPSA) is 34.1 Å². The molecule has 4 unspecified atom stereocenters. The summed E-state index contributed by atoms with van der Waals surface area (Å²) in [4.78, 5) is 21.0. The van der Waals surface area contributed by atoms with Gasteiger partial charge in [-0.05, 0) is 62.2 Å². The smallest absolute Gasteiger partial charge is 0.119 e. The first-order valence-electron chi connectivity index (χ1n) is 16.7. The van der Waals surface area contributed by atoms with Crippen molar-refractivity contribution in [1.29, 1.82) is 0 Å². The molecular formula is C34H64O2. The van der Waals surface area contributed by atoms with Gasteiger partial charge >= 0.3 is 0 Å². The summed E-state index contributed by atoms with van der Waals surface area (Å²) in [5.41, 5.74) is 0. The third kappa shape index (κ3) is 16.2. The Labute approximate surface area is 226 Å². The van der Waals surface area contributed by atoms with Gasteiger partial charge in [0.1, 0.15) is 12.6 Å². The van der Waals surface area contributed by atoms with Crippen LogP contribution in [-0.4, -0.2) is 12.6 Å². The molecule has 1 aliphatic carbocycles. The summed E-state index contributed by atoms with van der Waals surface area (Å²) in [5.74, 6) is 3.94. The molecule has 2 heteroatoms. The molecule has 36 heavy (non-hydrogen) atoms. The molecule has 1 fully saturated rings. The van der Waals surface area contributed by atoms with Crippen LogP contribution in [0.4, 0.5) is 0 Å². The van der Waals surface area contributed by atoms with Crippen LogP contribution in [0, 0.1) is 23.7 Å². The van der Waals surface area contributed by atoms with E-state index in [-0.39, 0.29) is 0 Å². The third-order valence-corrected chi connectivity index (χ3v) is 9.24. The second-order valence-corrected chi connectivity index (χ2v) is 12.1. The molecule has 0 radical (unpaired) electrons. The Bertz CT molecular complexity index is 488. The van der Waals surface area contributed by atoms with Gasteiger partial charge in [0.25, 0.3) is 0 Å². The molecule has 2 nitrogen and oxygen atoms in total. The van der Waals surface area contributed by atoms with E-state index in [2.05, 4.69) is 13.8 Å². The highest BCUT2D eigenvalue weighted by Gasteiger charge is 2.37. The van der Waals surface area contributed by atoms with E-state index in [0.29, 0.717) is 0 Å². The molecule has 1 saturated carbocycles. The molecule has 0 aromatic heterocycles. The average molecular weight is 505 g/mol.